The summed E-state index contributed by atoms with van der Waals surface area (Å²) in [4.78, 5) is 36.1. The zero-order valence-electron chi connectivity index (χ0n) is 11.7. The summed E-state index contributed by atoms with van der Waals surface area (Å²) in [6.07, 6.45) is 1.54. The van der Waals surface area contributed by atoms with E-state index < -0.39 is 11.9 Å². The van der Waals surface area contributed by atoms with Crippen LogP contribution in [0.3, 0.4) is 0 Å². The highest BCUT2D eigenvalue weighted by Crippen LogP contribution is 2.23. The van der Waals surface area contributed by atoms with Gasteiger partial charge in [-0.05, 0) is 18.1 Å². The molecule has 1 aromatic heterocycles. The summed E-state index contributed by atoms with van der Waals surface area (Å²) in [5, 5.41) is 11.6. The minimum atomic E-state index is -0.871. The first-order valence-corrected chi connectivity index (χ1v) is 6.81. The molecule has 2 N–H and O–H groups in total. The lowest BCUT2D eigenvalue weighted by Crippen LogP contribution is -2.33. The number of aliphatic carboxylic acids is 1. The molecule has 0 spiro atoms. The van der Waals surface area contributed by atoms with E-state index in [1.54, 1.807) is 11.0 Å². The van der Waals surface area contributed by atoms with Crippen LogP contribution in [0, 0.1) is 11.8 Å². The number of carbonyl (C=O) groups is 3. The standard InChI is InChI=1S/C14H18N2O5/c1-9-7-16(8-10(9)14(19)20)12(17)4-5-15-13(18)11-3-2-6-21-11/h2-3,6,9-10H,4-5,7-8H2,1H3,(H,15,18)(H,19,20)/t9-,10-/m1/s1. The lowest BCUT2D eigenvalue weighted by Gasteiger charge is -2.15. The molecule has 1 aromatic rings. The monoisotopic (exact) mass is 294 g/mol. The fourth-order valence-electron chi connectivity index (χ4n) is 2.43. The molecular formula is C14H18N2O5. The van der Waals surface area contributed by atoms with E-state index in [2.05, 4.69) is 5.32 Å². The lowest BCUT2D eigenvalue weighted by atomic mass is 9.99. The van der Waals surface area contributed by atoms with Crippen LogP contribution in [0.15, 0.2) is 22.8 Å². The number of nitrogens with one attached hydrogen (secondary N) is 1. The van der Waals surface area contributed by atoms with Crippen LogP contribution in [0.25, 0.3) is 0 Å². The van der Waals surface area contributed by atoms with E-state index in [1.165, 1.54) is 12.3 Å². The molecule has 1 aliphatic heterocycles. The Kier molecular flexibility index (Phi) is 4.62. The fourth-order valence-corrected chi connectivity index (χ4v) is 2.43. The van der Waals surface area contributed by atoms with E-state index in [1.807, 2.05) is 6.92 Å². The molecule has 2 atom stereocenters. The molecule has 1 saturated heterocycles. The Morgan fingerprint density at radius 2 is 2.19 bits per heavy atom. The van der Waals surface area contributed by atoms with Crippen molar-refractivity contribution in [3.05, 3.63) is 24.2 Å². The zero-order valence-corrected chi connectivity index (χ0v) is 11.7. The van der Waals surface area contributed by atoms with Crippen molar-refractivity contribution in [3.63, 3.8) is 0 Å². The van der Waals surface area contributed by atoms with Crippen LogP contribution >= 0.6 is 0 Å². The van der Waals surface area contributed by atoms with Gasteiger partial charge in [0, 0.05) is 26.1 Å². The number of rotatable bonds is 5. The molecule has 2 amide bonds. The summed E-state index contributed by atoms with van der Waals surface area (Å²) in [5.74, 6) is -1.75. The Balaban J connectivity index is 1.75. The number of nitrogens with zero attached hydrogens (tertiary/aromatic N) is 1. The average molecular weight is 294 g/mol. The highest BCUT2D eigenvalue weighted by molar-refractivity contribution is 5.91. The molecule has 114 valence electrons. The molecule has 1 aliphatic rings. The maximum atomic E-state index is 12.0. The Bertz CT molecular complexity index is 525. The molecule has 7 heteroatoms. The van der Waals surface area contributed by atoms with Gasteiger partial charge in [0.1, 0.15) is 0 Å². The van der Waals surface area contributed by atoms with Gasteiger partial charge in [-0.1, -0.05) is 6.92 Å². The van der Waals surface area contributed by atoms with Crippen molar-refractivity contribution in [2.75, 3.05) is 19.6 Å². The minimum absolute atomic E-state index is 0.0517. The van der Waals surface area contributed by atoms with Crippen molar-refractivity contribution in [3.8, 4) is 0 Å². The third kappa shape index (κ3) is 3.62. The molecule has 2 heterocycles. The van der Waals surface area contributed by atoms with Crippen molar-refractivity contribution in [2.24, 2.45) is 11.8 Å². The van der Waals surface area contributed by atoms with Gasteiger partial charge in [-0.3, -0.25) is 14.4 Å². The second kappa shape index (κ2) is 6.43. The Hall–Kier alpha value is -2.31. The van der Waals surface area contributed by atoms with Crippen LogP contribution < -0.4 is 5.32 Å². The molecular weight excluding hydrogens is 276 g/mol. The first kappa shape index (κ1) is 15.1. The summed E-state index contributed by atoms with van der Waals surface area (Å²) >= 11 is 0. The Morgan fingerprint density at radius 1 is 1.43 bits per heavy atom. The number of carboxylic acids is 1. The molecule has 1 fully saturated rings. The van der Waals surface area contributed by atoms with Crippen LogP contribution in [0.2, 0.25) is 0 Å². The van der Waals surface area contributed by atoms with Crippen LogP contribution in [-0.4, -0.2) is 47.4 Å². The quantitative estimate of drug-likeness (QED) is 0.827. The predicted molar refractivity (Wildman–Crippen MR) is 72.5 cm³/mol. The Labute approximate surface area is 121 Å². The average Bonchev–Trinajstić information content (AvgIpc) is 3.07. The van der Waals surface area contributed by atoms with Crippen molar-refractivity contribution in [1.82, 2.24) is 10.2 Å². The first-order chi connectivity index (χ1) is 9.99. The van der Waals surface area contributed by atoms with E-state index in [0.717, 1.165) is 0 Å². The fraction of sp³-hybridized carbons (Fsp3) is 0.500. The molecule has 0 bridgehead atoms. The van der Waals surface area contributed by atoms with Crippen molar-refractivity contribution < 1.29 is 23.9 Å². The molecule has 7 nitrogen and oxygen atoms in total. The number of furan rings is 1. The van der Waals surface area contributed by atoms with Crippen LogP contribution in [0.1, 0.15) is 23.9 Å². The molecule has 0 unspecified atom stereocenters. The third-order valence-corrected chi connectivity index (χ3v) is 3.65. The zero-order chi connectivity index (χ0) is 15.4. The van der Waals surface area contributed by atoms with E-state index in [4.69, 9.17) is 9.52 Å². The highest BCUT2D eigenvalue weighted by Gasteiger charge is 2.36. The van der Waals surface area contributed by atoms with Gasteiger partial charge in [-0.2, -0.15) is 0 Å². The predicted octanol–water partition coefficient (Wildman–Crippen LogP) is 0.579. The van der Waals surface area contributed by atoms with E-state index in [0.29, 0.717) is 6.54 Å². The van der Waals surface area contributed by atoms with Gasteiger partial charge in [0.25, 0.3) is 5.91 Å². The van der Waals surface area contributed by atoms with Gasteiger partial charge < -0.3 is 19.7 Å². The maximum absolute atomic E-state index is 12.0. The van der Waals surface area contributed by atoms with Crippen LogP contribution in [-0.2, 0) is 9.59 Å². The summed E-state index contributed by atoms with van der Waals surface area (Å²) in [6, 6.07) is 3.15. The molecule has 2 rings (SSSR count). The molecule has 21 heavy (non-hydrogen) atoms. The summed E-state index contributed by atoms with van der Waals surface area (Å²) in [6.45, 7) is 2.70. The van der Waals surface area contributed by atoms with Gasteiger partial charge in [-0.25, -0.2) is 0 Å². The number of carbonyl (C=O) groups excluding carboxylic acids is 2. The topological polar surface area (TPSA) is 99.9 Å². The van der Waals surface area contributed by atoms with E-state index in [-0.39, 0.29) is 43.0 Å². The highest BCUT2D eigenvalue weighted by atomic mass is 16.4. The normalized spacial score (nSPS) is 21.3. The van der Waals surface area contributed by atoms with Crippen molar-refractivity contribution in [2.45, 2.75) is 13.3 Å². The van der Waals surface area contributed by atoms with Crippen LogP contribution in [0.5, 0.6) is 0 Å². The minimum Gasteiger partial charge on any atom is -0.481 e. The summed E-state index contributed by atoms with van der Waals surface area (Å²) in [7, 11) is 0. The SMILES string of the molecule is C[C@@H]1CN(C(=O)CCNC(=O)c2ccco2)C[C@H]1C(=O)O. The lowest BCUT2D eigenvalue weighted by molar-refractivity contribution is -0.142. The van der Waals surface area contributed by atoms with Crippen molar-refractivity contribution >= 4 is 17.8 Å². The number of likely N-dealkylation sites (tertiary alicyclic amines) is 1. The summed E-state index contributed by atoms with van der Waals surface area (Å²) < 4.78 is 4.93. The van der Waals surface area contributed by atoms with Crippen molar-refractivity contribution in [1.29, 1.82) is 0 Å². The maximum Gasteiger partial charge on any atom is 0.308 e. The van der Waals surface area contributed by atoms with Gasteiger partial charge in [0.05, 0.1) is 12.2 Å². The Morgan fingerprint density at radius 3 is 2.76 bits per heavy atom. The van der Waals surface area contributed by atoms with Gasteiger partial charge in [-0.15, -0.1) is 0 Å². The number of hydrogen-bond donors (Lipinski definition) is 2. The largest absolute Gasteiger partial charge is 0.481 e. The smallest absolute Gasteiger partial charge is 0.308 e. The van der Waals surface area contributed by atoms with Gasteiger partial charge >= 0.3 is 5.97 Å². The second-order valence-electron chi connectivity index (χ2n) is 5.20. The molecule has 0 aromatic carbocycles. The van der Waals surface area contributed by atoms with Gasteiger partial charge in [0.15, 0.2) is 5.76 Å². The third-order valence-electron chi connectivity index (χ3n) is 3.65. The second-order valence-corrected chi connectivity index (χ2v) is 5.20. The molecule has 0 aliphatic carbocycles. The summed E-state index contributed by atoms with van der Waals surface area (Å²) in [5.41, 5.74) is 0. The molecule has 0 saturated carbocycles. The van der Waals surface area contributed by atoms with E-state index in [9.17, 15) is 14.4 Å². The number of carboxylic acid groups (broad SMARTS) is 1. The van der Waals surface area contributed by atoms with Crippen LogP contribution in [0.4, 0.5) is 0 Å². The van der Waals surface area contributed by atoms with Gasteiger partial charge in [0.2, 0.25) is 5.91 Å². The van der Waals surface area contributed by atoms with E-state index >= 15 is 0 Å². The number of hydrogen-bond acceptors (Lipinski definition) is 4. The number of amides is 2. The molecule has 0 radical (unpaired) electrons. The first-order valence-electron chi connectivity index (χ1n) is 6.81.